The fourth-order valence-corrected chi connectivity index (χ4v) is 3.96. The van der Waals surface area contributed by atoms with Crippen LogP contribution in [-0.4, -0.2) is 54.9 Å². The standard InChI is InChI=1S/C20H27FN2O3/c1-26-18-8-7-16(21)14-17(18)20(25)23-12-10-22(11-13-23)19(24)9-6-15-4-2-3-5-15/h7-8,14-15H,2-6,9-13H2,1H3. The predicted molar refractivity (Wildman–Crippen MR) is 96.6 cm³/mol. The second-order valence-corrected chi connectivity index (χ2v) is 7.21. The Labute approximate surface area is 154 Å². The minimum atomic E-state index is -0.463. The molecule has 0 unspecified atom stereocenters. The molecule has 1 saturated heterocycles. The molecule has 142 valence electrons. The molecule has 1 aromatic carbocycles. The maximum Gasteiger partial charge on any atom is 0.257 e. The van der Waals surface area contributed by atoms with Crippen molar-refractivity contribution in [1.82, 2.24) is 9.80 Å². The first-order valence-electron chi connectivity index (χ1n) is 9.49. The lowest BCUT2D eigenvalue weighted by Gasteiger charge is -2.35. The number of rotatable bonds is 5. The minimum Gasteiger partial charge on any atom is -0.496 e. The average Bonchev–Trinajstić information content (AvgIpc) is 3.19. The van der Waals surface area contributed by atoms with Crippen molar-refractivity contribution >= 4 is 11.8 Å². The number of hydrogen-bond donors (Lipinski definition) is 0. The molecule has 5 nitrogen and oxygen atoms in total. The zero-order valence-electron chi connectivity index (χ0n) is 15.4. The van der Waals surface area contributed by atoms with E-state index in [-0.39, 0.29) is 17.4 Å². The molecule has 1 aromatic rings. The van der Waals surface area contributed by atoms with Gasteiger partial charge in [0.15, 0.2) is 0 Å². The number of methoxy groups -OCH3 is 1. The summed E-state index contributed by atoms with van der Waals surface area (Å²) in [5, 5.41) is 0. The first-order valence-corrected chi connectivity index (χ1v) is 9.49. The molecule has 0 aromatic heterocycles. The highest BCUT2D eigenvalue weighted by molar-refractivity contribution is 5.97. The van der Waals surface area contributed by atoms with E-state index in [0.29, 0.717) is 44.3 Å². The number of benzene rings is 1. The second kappa shape index (κ2) is 8.52. The number of hydrogen-bond acceptors (Lipinski definition) is 3. The summed E-state index contributed by atoms with van der Waals surface area (Å²) < 4.78 is 18.7. The number of amides is 2. The number of halogens is 1. The number of carbonyl (C=O) groups is 2. The topological polar surface area (TPSA) is 49.9 Å². The molecule has 6 heteroatoms. The van der Waals surface area contributed by atoms with E-state index in [1.807, 2.05) is 4.90 Å². The molecule has 2 fully saturated rings. The Hall–Kier alpha value is -2.11. The van der Waals surface area contributed by atoms with Gasteiger partial charge in [-0.25, -0.2) is 4.39 Å². The Kier molecular flexibility index (Phi) is 6.12. The van der Waals surface area contributed by atoms with Gasteiger partial charge in [-0.3, -0.25) is 9.59 Å². The van der Waals surface area contributed by atoms with Gasteiger partial charge < -0.3 is 14.5 Å². The average molecular weight is 362 g/mol. The number of ether oxygens (including phenoxy) is 1. The minimum absolute atomic E-state index is 0.187. The van der Waals surface area contributed by atoms with Crippen molar-refractivity contribution in [2.75, 3.05) is 33.3 Å². The molecule has 2 amide bonds. The Morgan fingerprint density at radius 1 is 1.12 bits per heavy atom. The first-order chi connectivity index (χ1) is 12.6. The lowest BCUT2D eigenvalue weighted by molar-refractivity contribution is -0.133. The molecule has 26 heavy (non-hydrogen) atoms. The third-order valence-electron chi connectivity index (χ3n) is 5.55. The van der Waals surface area contributed by atoms with E-state index in [9.17, 15) is 14.0 Å². The van der Waals surface area contributed by atoms with Gasteiger partial charge in [0, 0.05) is 32.6 Å². The van der Waals surface area contributed by atoms with Crippen molar-refractivity contribution < 1.29 is 18.7 Å². The number of nitrogens with zero attached hydrogens (tertiary/aromatic N) is 2. The molecule has 0 N–H and O–H groups in total. The fraction of sp³-hybridized carbons (Fsp3) is 0.600. The van der Waals surface area contributed by atoms with Crippen molar-refractivity contribution in [3.8, 4) is 5.75 Å². The van der Waals surface area contributed by atoms with Gasteiger partial charge in [-0.2, -0.15) is 0 Å². The maximum absolute atomic E-state index is 13.5. The van der Waals surface area contributed by atoms with Crippen LogP contribution in [0.3, 0.4) is 0 Å². The van der Waals surface area contributed by atoms with Gasteiger partial charge in [0.1, 0.15) is 11.6 Å². The van der Waals surface area contributed by atoms with E-state index in [2.05, 4.69) is 0 Å². The van der Waals surface area contributed by atoms with Crippen LogP contribution in [0.4, 0.5) is 4.39 Å². The smallest absolute Gasteiger partial charge is 0.257 e. The van der Waals surface area contributed by atoms with Gasteiger partial charge in [0.05, 0.1) is 12.7 Å². The lowest BCUT2D eigenvalue weighted by atomic mass is 10.0. The van der Waals surface area contributed by atoms with Crippen LogP contribution in [0.1, 0.15) is 48.9 Å². The maximum atomic E-state index is 13.5. The zero-order valence-corrected chi connectivity index (χ0v) is 15.4. The molecule has 0 spiro atoms. The third kappa shape index (κ3) is 4.34. The summed E-state index contributed by atoms with van der Waals surface area (Å²) in [6, 6.07) is 3.95. The van der Waals surface area contributed by atoms with E-state index >= 15 is 0 Å². The van der Waals surface area contributed by atoms with E-state index in [4.69, 9.17) is 4.74 Å². The molecular formula is C20H27FN2O3. The summed E-state index contributed by atoms with van der Waals surface area (Å²) in [4.78, 5) is 28.6. The van der Waals surface area contributed by atoms with Crippen LogP contribution in [0.25, 0.3) is 0 Å². The molecule has 1 saturated carbocycles. The summed E-state index contributed by atoms with van der Waals surface area (Å²) >= 11 is 0. The SMILES string of the molecule is COc1ccc(F)cc1C(=O)N1CCN(C(=O)CCC2CCCC2)CC1. The summed E-state index contributed by atoms with van der Waals surface area (Å²) in [6.45, 7) is 2.00. The predicted octanol–water partition coefficient (Wildman–Crippen LogP) is 3.09. The molecule has 1 aliphatic carbocycles. The molecule has 2 aliphatic rings. The van der Waals surface area contributed by atoms with Crippen LogP contribution in [0, 0.1) is 11.7 Å². The van der Waals surface area contributed by atoms with Crippen LogP contribution >= 0.6 is 0 Å². The number of piperazine rings is 1. The lowest BCUT2D eigenvalue weighted by Crippen LogP contribution is -2.50. The Morgan fingerprint density at radius 2 is 1.77 bits per heavy atom. The van der Waals surface area contributed by atoms with Crippen LogP contribution in [-0.2, 0) is 4.79 Å². The summed E-state index contributed by atoms with van der Waals surface area (Å²) in [5.74, 6) is 0.551. The zero-order chi connectivity index (χ0) is 18.5. The van der Waals surface area contributed by atoms with Gasteiger partial charge in [-0.05, 0) is 30.5 Å². The molecule has 1 heterocycles. The van der Waals surface area contributed by atoms with Gasteiger partial charge in [0.2, 0.25) is 5.91 Å². The normalized spacial score (nSPS) is 18.2. The molecule has 0 atom stereocenters. The largest absolute Gasteiger partial charge is 0.496 e. The van der Waals surface area contributed by atoms with Gasteiger partial charge in [-0.1, -0.05) is 25.7 Å². The highest BCUT2D eigenvalue weighted by Crippen LogP contribution is 2.29. The van der Waals surface area contributed by atoms with Crippen molar-refractivity contribution in [2.24, 2.45) is 5.92 Å². The summed E-state index contributed by atoms with van der Waals surface area (Å²) in [7, 11) is 1.46. The molecular weight excluding hydrogens is 335 g/mol. The quantitative estimate of drug-likeness (QED) is 0.809. The van der Waals surface area contributed by atoms with Crippen LogP contribution < -0.4 is 4.74 Å². The van der Waals surface area contributed by atoms with Crippen molar-refractivity contribution in [2.45, 2.75) is 38.5 Å². The van der Waals surface area contributed by atoms with Crippen LogP contribution in [0.5, 0.6) is 5.75 Å². The highest BCUT2D eigenvalue weighted by Gasteiger charge is 2.27. The third-order valence-corrected chi connectivity index (χ3v) is 5.55. The van der Waals surface area contributed by atoms with Crippen LogP contribution in [0.15, 0.2) is 18.2 Å². The van der Waals surface area contributed by atoms with E-state index in [0.717, 1.165) is 6.42 Å². The van der Waals surface area contributed by atoms with Gasteiger partial charge >= 0.3 is 0 Å². The summed E-state index contributed by atoms with van der Waals surface area (Å²) in [5.41, 5.74) is 0.230. The monoisotopic (exact) mass is 362 g/mol. The van der Waals surface area contributed by atoms with Gasteiger partial charge in [0.25, 0.3) is 5.91 Å². The Morgan fingerprint density at radius 3 is 2.42 bits per heavy atom. The summed E-state index contributed by atoms with van der Waals surface area (Å²) in [6.07, 6.45) is 6.69. The second-order valence-electron chi connectivity index (χ2n) is 7.21. The first kappa shape index (κ1) is 18.7. The molecule has 0 bridgehead atoms. The van der Waals surface area contributed by atoms with Crippen molar-refractivity contribution in [3.63, 3.8) is 0 Å². The van der Waals surface area contributed by atoms with E-state index in [1.54, 1.807) is 4.90 Å². The van der Waals surface area contributed by atoms with Crippen LogP contribution in [0.2, 0.25) is 0 Å². The van der Waals surface area contributed by atoms with Crippen molar-refractivity contribution in [3.05, 3.63) is 29.6 Å². The molecule has 0 radical (unpaired) electrons. The van der Waals surface area contributed by atoms with E-state index < -0.39 is 5.82 Å². The Bertz CT molecular complexity index is 650. The fourth-order valence-electron chi connectivity index (χ4n) is 3.96. The molecule has 1 aliphatic heterocycles. The molecule has 3 rings (SSSR count). The highest BCUT2D eigenvalue weighted by atomic mass is 19.1. The Balaban J connectivity index is 1.52. The van der Waals surface area contributed by atoms with E-state index in [1.165, 1.54) is 51.0 Å². The van der Waals surface area contributed by atoms with Gasteiger partial charge in [-0.15, -0.1) is 0 Å². The van der Waals surface area contributed by atoms with Crippen molar-refractivity contribution in [1.29, 1.82) is 0 Å². The number of carbonyl (C=O) groups excluding carboxylic acids is 2.